The fourth-order valence-corrected chi connectivity index (χ4v) is 11.0. The van der Waals surface area contributed by atoms with Crippen LogP contribution in [0.15, 0.2) is 11.6 Å². The van der Waals surface area contributed by atoms with Crippen LogP contribution < -0.4 is 0 Å². The van der Waals surface area contributed by atoms with Gasteiger partial charge in [0.25, 0.3) is 0 Å². The maximum absolute atomic E-state index is 14.4. The number of esters is 1. The number of hydrogen-bond donors (Lipinski definition) is 2. The highest BCUT2D eigenvalue weighted by Crippen LogP contribution is 2.75. The smallest absolute Gasteiger partial charge is 0.313 e. The number of ketones is 1. The van der Waals surface area contributed by atoms with Crippen molar-refractivity contribution >= 4 is 17.7 Å². The largest absolute Gasteiger partial charge is 0.481 e. The number of ether oxygens (including phenoxy) is 1. The maximum atomic E-state index is 14.4. The Morgan fingerprint density at radius 3 is 2.26 bits per heavy atom. The number of aliphatic carboxylic acids is 1. The van der Waals surface area contributed by atoms with Crippen molar-refractivity contribution in [3.8, 4) is 0 Å². The lowest BCUT2D eigenvalue weighted by molar-refractivity contribution is -0.246. The van der Waals surface area contributed by atoms with E-state index in [9.17, 15) is 24.6 Å². The highest BCUT2D eigenvalue weighted by molar-refractivity contribution is 5.96. The molecule has 2 N–H and O–H groups in total. The van der Waals surface area contributed by atoms with Gasteiger partial charge in [-0.15, -0.1) is 0 Å². The molecule has 12 atom stereocenters. The number of carbonyl (C=O) groups is 3. The van der Waals surface area contributed by atoms with E-state index in [0.717, 1.165) is 12.8 Å². The lowest BCUT2D eigenvalue weighted by Gasteiger charge is -2.71. The first-order valence-electron chi connectivity index (χ1n) is 14.8. The van der Waals surface area contributed by atoms with Crippen LogP contribution in [-0.2, 0) is 19.1 Å². The van der Waals surface area contributed by atoms with E-state index in [0.29, 0.717) is 30.6 Å². The normalized spacial score (nSPS) is 54.0. The Morgan fingerprint density at radius 1 is 1.00 bits per heavy atom. The molecule has 6 heteroatoms. The van der Waals surface area contributed by atoms with Gasteiger partial charge in [0.2, 0.25) is 0 Å². The van der Waals surface area contributed by atoms with Crippen molar-refractivity contribution in [3.05, 3.63) is 11.6 Å². The van der Waals surface area contributed by atoms with Gasteiger partial charge >= 0.3 is 11.9 Å². The Hall–Kier alpha value is -1.69. The molecular formula is C32H48O6. The number of rotatable bonds is 2. The minimum Gasteiger partial charge on any atom is -0.481 e. The third kappa shape index (κ3) is 3.25. The summed E-state index contributed by atoms with van der Waals surface area (Å²) in [6.45, 7) is 16.6. The number of aliphatic hydroxyl groups is 1. The Labute approximate surface area is 228 Å². The van der Waals surface area contributed by atoms with Crippen molar-refractivity contribution in [1.82, 2.24) is 0 Å². The Balaban J connectivity index is 1.66. The van der Waals surface area contributed by atoms with Crippen molar-refractivity contribution in [2.75, 3.05) is 0 Å². The second-order valence-electron chi connectivity index (χ2n) is 15.1. The van der Waals surface area contributed by atoms with Gasteiger partial charge in [-0.3, -0.25) is 14.4 Å². The van der Waals surface area contributed by atoms with E-state index < -0.39 is 52.2 Å². The fourth-order valence-electron chi connectivity index (χ4n) is 11.0. The van der Waals surface area contributed by atoms with Gasteiger partial charge in [0.15, 0.2) is 5.78 Å². The lowest BCUT2D eigenvalue weighted by Crippen LogP contribution is -2.72. The van der Waals surface area contributed by atoms with Gasteiger partial charge in [-0.1, -0.05) is 47.1 Å². The van der Waals surface area contributed by atoms with E-state index in [-0.39, 0.29) is 23.0 Å². The van der Waals surface area contributed by atoms with Crippen LogP contribution in [0.5, 0.6) is 0 Å². The number of carboxylic acid groups (broad SMARTS) is 1. The molecule has 0 aromatic heterocycles. The molecule has 0 aliphatic heterocycles. The average Bonchev–Trinajstić information content (AvgIpc) is 2.82. The second-order valence-corrected chi connectivity index (χ2v) is 15.1. The quantitative estimate of drug-likeness (QED) is 0.439. The molecule has 0 unspecified atom stereocenters. The van der Waals surface area contributed by atoms with Crippen LogP contribution >= 0.6 is 0 Å². The van der Waals surface area contributed by atoms with Gasteiger partial charge in [0.1, 0.15) is 11.5 Å². The highest BCUT2D eigenvalue weighted by Gasteiger charge is 2.74. The first-order chi connectivity index (χ1) is 17.5. The van der Waals surface area contributed by atoms with Crippen molar-refractivity contribution in [1.29, 1.82) is 0 Å². The minimum atomic E-state index is -1.38. The summed E-state index contributed by atoms with van der Waals surface area (Å²) in [6, 6.07) is 0. The molecule has 0 amide bonds. The molecule has 4 fully saturated rings. The molecule has 0 radical (unpaired) electrons. The zero-order valence-electron chi connectivity index (χ0n) is 24.6. The van der Waals surface area contributed by atoms with Crippen LogP contribution in [-0.4, -0.2) is 40.1 Å². The molecule has 0 aromatic rings. The molecule has 0 aromatic carbocycles. The van der Waals surface area contributed by atoms with E-state index in [1.165, 1.54) is 25.3 Å². The molecule has 5 rings (SSSR count). The van der Waals surface area contributed by atoms with Crippen LogP contribution in [0.25, 0.3) is 0 Å². The van der Waals surface area contributed by atoms with Gasteiger partial charge < -0.3 is 14.9 Å². The van der Waals surface area contributed by atoms with E-state index >= 15 is 0 Å². The number of hydrogen-bond acceptors (Lipinski definition) is 5. The van der Waals surface area contributed by atoms with Crippen LogP contribution in [0, 0.1) is 56.7 Å². The van der Waals surface area contributed by atoms with Crippen LogP contribution in [0.3, 0.4) is 0 Å². The minimum absolute atomic E-state index is 0.0552. The number of allylic oxidation sites excluding steroid dienone is 2. The molecule has 38 heavy (non-hydrogen) atoms. The average molecular weight is 529 g/mol. The summed E-state index contributed by atoms with van der Waals surface area (Å²) in [5, 5.41) is 22.6. The third-order valence-corrected chi connectivity index (χ3v) is 13.6. The molecule has 4 saturated carbocycles. The molecule has 0 saturated heterocycles. The van der Waals surface area contributed by atoms with Gasteiger partial charge in [0.05, 0.1) is 6.10 Å². The van der Waals surface area contributed by atoms with Crippen LogP contribution in [0.4, 0.5) is 0 Å². The predicted molar refractivity (Wildman–Crippen MR) is 144 cm³/mol. The summed E-state index contributed by atoms with van der Waals surface area (Å²) in [6.07, 6.45) is 6.00. The number of fused-ring (bicyclic) bond motifs is 7. The number of carbonyl (C=O) groups excluding carboxylic acids is 2. The molecule has 5 aliphatic rings. The summed E-state index contributed by atoms with van der Waals surface area (Å²) in [7, 11) is 0. The van der Waals surface area contributed by atoms with Gasteiger partial charge in [-0.05, 0) is 97.9 Å². The molecule has 0 heterocycles. The van der Waals surface area contributed by atoms with E-state index in [2.05, 4.69) is 41.5 Å². The molecule has 212 valence electrons. The van der Waals surface area contributed by atoms with E-state index in [4.69, 9.17) is 4.74 Å². The highest BCUT2D eigenvalue weighted by atomic mass is 16.5. The molecule has 5 aliphatic carbocycles. The van der Waals surface area contributed by atoms with Crippen molar-refractivity contribution in [3.63, 3.8) is 0 Å². The lowest BCUT2D eigenvalue weighted by atomic mass is 9.32. The van der Waals surface area contributed by atoms with E-state index in [1.54, 1.807) is 6.92 Å². The van der Waals surface area contributed by atoms with Crippen molar-refractivity contribution in [2.24, 2.45) is 56.7 Å². The van der Waals surface area contributed by atoms with Gasteiger partial charge in [0, 0.05) is 18.3 Å². The molecular weight excluding hydrogens is 480 g/mol. The fraction of sp³-hybridized carbons (Fsp3) is 0.844. The topological polar surface area (TPSA) is 101 Å². The van der Waals surface area contributed by atoms with Gasteiger partial charge in [-0.25, -0.2) is 0 Å². The molecule has 0 spiro atoms. The SMILES string of the molecule is CC(=O)O[C@@H]1CC[C@@]2(C)[C@@H](C[C@H](O)[C@]3(C)[C@@H]2C(=O)C=C2[C@@H]4[C@@H](C)[C@H](C)CC[C@]4(C)CC[C@]23C)[C@@]1(C)C(=O)O. The Morgan fingerprint density at radius 2 is 1.66 bits per heavy atom. The molecule has 6 nitrogen and oxygen atoms in total. The summed E-state index contributed by atoms with van der Waals surface area (Å²) < 4.78 is 5.58. The standard InChI is InChI=1S/C32H48O6/c1-17-9-11-28(4)13-14-30(6)20(25(28)18(17)2)15-21(34)26-29(5)12-10-24(38-19(3)33)31(7,27(36)37)22(29)16-23(35)32(26,30)8/h15,17-18,22-26,35H,9-14,16H2,1-8H3,(H,36,37)/t17-,18+,22-,23+,24-,25+,26-,28-,29+,30-,31-,32-/m1/s1. The van der Waals surface area contributed by atoms with Gasteiger partial charge in [-0.2, -0.15) is 0 Å². The zero-order chi connectivity index (χ0) is 28.2. The monoisotopic (exact) mass is 528 g/mol. The van der Waals surface area contributed by atoms with Crippen molar-refractivity contribution in [2.45, 2.75) is 113 Å². The Kier molecular flexibility index (Phi) is 6.16. The summed E-state index contributed by atoms with van der Waals surface area (Å²) in [4.78, 5) is 39.2. The van der Waals surface area contributed by atoms with E-state index in [1.807, 2.05) is 6.08 Å². The maximum Gasteiger partial charge on any atom is 0.313 e. The zero-order valence-corrected chi connectivity index (χ0v) is 24.6. The Bertz CT molecular complexity index is 1100. The molecule has 0 bridgehead atoms. The summed E-state index contributed by atoms with van der Waals surface area (Å²) in [5.41, 5.74) is -1.66. The first kappa shape index (κ1) is 27.9. The second kappa shape index (κ2) is 8.41. The number of carboxylic acids is 1. The predicted octanol–water partition coefficient (Wildman–Crippen LogP) is 5.81. The van der Waals surface area contributed by atoms with Crippen LogP contribution in [0.1, 0.15) is 100 Å². The first-order valence-corrected chi connectivity index (χ1v) is 14.8. The third-order valence-electron chi connectivity index (χ3n) is 13.6. The van der Waals surface area contributed by atoms with Crippen LogP contribution in [0.2, 0.25) is 0 Å². The summed E-state index contributed by atoms with van der Waals surface area (Å²) >= 11 is 0. The summed E-state index contributed by atoms with van der Waals surface area (Å²) in [5.74, 6) is -1.09. The van der Waals surface area contributed by atoms with Crippen molar-refractivity contribution < 1.29 is 29.3 Å². The number of aliphatic hydroxyl groups excluding tert-OH is 1.